The molecule has 4 rings (SSSR count). The van der Waals surface area contributed by atoms with Gasteiger partial charge in [-0.3, -0.25) is 4.79 Å². The molecule has 1 aliphatic heterocycles. The highest BCUT2D eigenvalue weighted by atomic mass is 16.6. The van der Waals surface area contributed by atoms with E-state index in [0.29, 0.717) is 12.5 Å². The van der Waals surface area contributed by atoms with E-state index in [1.54, 1.807) is 12.7 Å². The van der Waals surface area contributed by atoms with Gasteiger partial charge in [0.1, 0.15) is 11.9 Å². The summed E-state index contributed by atoms with van der Waals surface area (Å²) in [5, 5.41) is 3.50. The standard InChI is InChI=1S/C24H33NO3/c1-16-7-6-11-24(2)14-22-18(13-20(16)24)19(23(26)28-22)15-25-12-10-17-8-4-5-9-21(17)27-3/h4-5,8-9,13,16,18-19,22,25H,6-7,10-12,14-15H2,1-3H3/t16-,18+,19?,22+,24+/m0/s1. The lowest BCUT2D eigenvalue weighted by Gasteiger charge is -2.46. The molecule has 5 atom stereocenters. The van der Waals surface area contributed by atoms with Crippen molar-refractivity contribution in [2.75, 3.05) is 20.2 Å². The zero-order valence-corrected chi connectivity index (χ0v) is 17.4. The Balaban J connectivity index is 1.39. The number of para-hydroxylation sites is 1. The molecule has 4 nitrogen and oxygen atoms in total. The molecule has 152 valence electrons. The molecule has 1 saturated heterocycles. The van der Waals surface area contributed by atoms with E-state index in [4.69, 9.17) is 9.47 Å². The number of hydrogen-bond acceptors (Lipinski definition) is 4. The number of nitrogens with one attached hydrogen (secondary N) is 1. The first-order valence-corrected chi connectivity index (χ1v) is 10.8. The first-order chi connectivity index (χ1) is 13.5. The number of carbonyl (C=O) groups excluding carboxylic acids is 1. The number of fused-ring (bicyclic) bond motifs is 2. The highest BCUT2D eigenvalue weighted by Crippen LogP contribution is 2.53. The van der Waals surface area contributed by atoms with Gasteiger partial charge >= 0.3 is 5.97 Å². The SMILES string of the molecule is COc1ccccc1CCNCC1C(=O)O[C@@H]2C[C@@]3(C)CCC[C@H](C)C3=C[C@H]12. The molecular formula is C24H33NO3. The van der Waals surface area contributed by atoms with Gasteiger partial charge < -0.3 is 14.8 Å². The summed E-state index contributed by atoms with van der Waals surface area (Å²) in [6, 6.07) is 8.11. The van der Waals surface area contributed by atoms with Crippen LogP contribution >= 0.6 is 0 Å². The molecule has 2 aliphatic carbocycles. The number of esters is 1. The minimum Gasteiger partial charge on any atom is -0.496 e. The van der Waals surface area contributed by atoms with Crippen LogP contribution in [0.3, 0.4) is 0 Å². The first-order valence-electron chi connectivity index (χ1n) is 10.8. The molecule has 1 aromatic carbocycles. The highest BCUT2D eigenvalue weighted by molar-refractivity contribution is 5.76. The van der Waals surface area contributed by atoms with E-state index in [2.05, 4.69) is 31.3 Å². The molecule has 1 N–H and O–H groups in total. The lowest BCUT2D eigenvalue weighted by atomic mass is 9.59. The summed E-state index contributed by atoms with van der Waals surface area (Å²) in [6.07, 6.45) is 8.16. The molecule has 0 radical (unpaired) electrons. The van der Waals surface area contributed by atoms with Crippen molar-refractivity contribution in [1.29, 1.82) is 0 Å². The fourth-order valence-electron chi connectivity index (χ4n) is 5.67. The van der Waals surface area contributed by atoms with Gasteiger partial charge in [-0.15, -0.1) is 0 Å². The summed E-state index contributed by atoms with van der Waals surface area (Å²) in [4.78, 5) is 12.6. The molecule has 0 bridgehead atoms. The molecule has 1 unspecified atom stereocenters. The second-order valence-electron chi connectivity index (χ2n) is 9.11. The number of methoxy groups -OCH3 is 1. The van der Waals surface area contributed by atoms with Crippen LogP contribution in [-0.2, 0) is 16.0 Å². The Bertz CT molecular complexity index is 758. The van der Waals surface area contributed by atoms with Crippen molar-refractivity contribution in [3.05, 3.63) is 41.5 Å². The lowest BCUT2D eigenvalue weighted by Crippen LogP contribution is -2.40. The number of carbonyl (C=O) groups is 1. The van der Waals surface area contributed by atoms with Crippen LogP contribution < -0.4 is 10.1 Å². The van der Waals surface area contributed by atoms with E-state index in [0.717, 1.165) is 25.1 Å². The van der Waals surface area contributed by atoms with Crippen LogP contribution in [0.25, 0.3) is 0 Å². The highest BCUT2D eigenvalue weighted by Gasteiger charge is 2.51. The molecule has 28 heavy (non-hydrogen) atoms. The fourth-order valence-corrected chi connectivity index (χ4v) is 5.67. The van der Waals surface area contributed by atoms with E-state index in [9.17, 15) is 4.79 Å². The average Bonchev–Trinajstić information content (AvgIpc) is 2.97. The zero-order chi connectivity index (χ0) is 19.7. The third-order valence-electron chi connectivity index (χ3n) is 7.21. The summed E-state index contributed by atoms with van der Waals surface area (Å²) in [5.41, 5.74) is 3.00. The topological polar surface area (TPSA) is 47.6 Å². The van der Waals surface area contributed by atoms with Gasteiger partial charge in [-0.25, -0.2) is 0 Å². The average molecular weight is 384 g/mol. The minimum atomic E-state index is -0.0613. The molecule has 1 heterocycles. The number of allylic oxidation sites excluding steroid dienone is 1. The largest absolute Gasteiger partial charge is 0.496 e. The van der Waals surface area contributed by atoms with Gasteiger partial charge in [-0.1, -0.05) is 50.1 Å². The predicted molar refractivity (Wildman–Crippen MR) is 110 cm³/mol. The van der Waals surface area contributed by atoms with Gasteiger partial charge in [-0.05, 0) is 55.2 Å². The van der Waals surface area contributed by atoms with Crippen molar-refractivity contribution < 1.29 is 14.3 Å². The fraction of sp³-hybridized carbons (Fsp3) is 0.625. The Labute approximate surface area is 168 Å². The second-order valence-corrected chi connectivity index (χ2v) is 9.11. The lowest BCUT2D eigenvalue weighted by molar-refractivity contribution is -0.145. The number of rotatable bonds is 6. The van der Waals surface area contributed by atoms with Gasteiger partial charge in [0.2, 0.25) is 0 Å². The van der Waals surface area contributed by atoms with Crippen LogP contribution in [0.15, 0.2) is 35.9 Å². The Kier molecular flexibility index (Phi) is 5.50. The Morgan fingerprint density at radius 2 is 2.14 bits per heavy atom. The zero-order valence-electron chi connectivity index (χ0n) is 17.4. The normalized spacial score (nSPS) is 34.2. The van der Waals surface area contributed by atoms with Crippen molar-refractivity contribution in [2.24, 2.45) is 23.2 Å². The van der Waals surface area contributed by atoms with Crippen LogP contribution in [0.4, 0.5) is 0 Å². The molecule has 0 aromatic heterocycles. The quantitative estimate of drug-likeness (QED) is 0.456. The number of hydrogen-bond donors (Lipinski definition) is 1. The van der Waals surface area contributed by atoms with Crippen LogP contribution in [0, 0.1) is 23.2 Å². The van der Waals surface area contributed by atoms with E-state index in [-0.39, 0.29) is 29.3 Å². The monoisotopic (exact) mass is 383 g/mol. The Morgan fingerprint density at radius 1 is 1.32 bits per heavy atom. The van der Waals surface area contributed by atoms with Crippen molar-refractivity contribution in [3.8, 4) is 5.75 Å². The van der Waals surface area contributed by atoms with E-state index in [1.165, 1.54) is 24.8 Å². The summed E-state index contributed by atoms with van der Waals surface area (Å²) in [7, 11) is 1.71. The molecular weight excluding hydrogens is 350 g/mol. The van der Waals surface area contributed by atoms with Crippen LogP contribution in [0.1, 0.15) is 45.1 Å². The van der Waals surface area contributed by atoms with Gasteiger partial charge in [0, 0.05) is 12.5 Å². The van der Waals surface area contributed by atoms with Crippen molar-refractivity contribution in [2.45, 2.75) is 52.1 Å². The molecule has 2 fully saturated rings. The van der Waals surface area contributed by atoms with Crippen molar-refractivity contribution >= 4 is 5.97 Å². The van der Waals surface area contributed by atoms with E-state index >= 15 is 0 Å². The Hall–Kier alpha value is -1.81. The maximum atomic E-state index is 12.6. The van der Waals surface area contributed by atoms with Crippen LogP contribution in [0.5, 0.6) is 5.75 Å². The van der Waals surface area contributed by atoms with Crippen molar-refractivity contribution in [1.82, 2.24) is 5.32 Å². The third kappa shape index (κ3) is 3.59. The Morgan fingerprint density at radius 3 is 2.96 bits per heavy atom. The van der Waals surface area contributed by atoms with E-state index in [1.807, 2.05) is 18.2 Å². The molecule has 4 heteroatoms. The van der Waals surface area contributed by atoms with Crippen molar-refractivity contribution in [3.63, 3.8) is 0 Å². The summed E-state index contributed by atoms with van der Waals surface area (Å²) >= 11 is 0. The van der Waals surface area contributed by atoms with Crippen LogP contribution in [0.2, 0.25) is 0 Å². The maximum absolute atomic E-state index is 12.6. The summed E-state index contributed by atoms with van der Waals surface area (Å²) < 4.78 is 11.3. The molecule has 3 aliphatic rings. The van der Waals surface area contributed by atoms with Gasteiger partial charge in [-0.2, -0.15) is 0 Å². The van der Waals surface area contributed by atoms with Gasteiger partial charge in [0.25, 0.3) is 0 Å². The smallest absolute Gasteiger partial charge is 0.311 e. The minimum absolute atomic E-state index is 0.0217. The first kappa shape index (κ1) is 19.5. The number of benzene rings is 1. The third-order valence-corrected chi connectivity index (χ3v) is 7.21. The number of ether oxygens (including phenoxy) is 2. The molecule has 1 aromatic rings. The summed E-state index contributed by atoms with van der Waals surface area (Å²) in [5.74, 6) is 1.71. The predicted octanol–water partition coefficient (Wildman–Crippen LogP) is 4.14. The molecule has 0 spiro atoms. The van der Waals surface area contributed by atoms with Crippen LogP contribution in [-0.4, -0.2) is 32.3 Å². The molecule has 1 saturated carbocycles. The summed E-state index contributed by atoms with van der Waals surface area (Å²) in [6.45, 7) is 6.23. The maximum Gasteiger partial charge on any atom is 0.311 e. The molecule has 0 amide bonds. The van der Waals surface area contributed by atoms with E-state index < -0.39 is 0 Å². The van der Waals surface area contributed by atoms with Gasteiger partial charge in [0.15, 0.2) is 0 Å². The second kappa shape index (κ2) is 7.90. The van der Waals surface area contributed by atoms with Gasteiger partial charge in [0.05, 0.1) is 13.0 Å².